The topological polar surface area (TPSA) is 61.3 Å². The van der Waals surface area contributed by atoms with Crippen LogP contribution in [0.2, 0.25) is 0 Å². The van der Waals surface area contributed by atoms with E-state index >= 15 is 0 Å². The van der Waals surface area contributed by atoms with Gasteiger partial charge in [0.25, 0.3) is 0 Å². The molecule has 0 saturated heterocycles. The summed E-state index contributed by atoms with van der Waals surface area (Å²) in [5, 5.41) is 0. The van der Waals surface area contributed by atoms with Gasteiger partial charge in [-0.3, -0.25) is 0 Å². The number of nitrogens with two attached hydrogens (primary N) is 2. The van der Waals surface area contributed by atoms with Crippen LogP contribution in [0.15, 0.2) is 18.2 Å². The summed E-state index contributed by atoms with van der Waals surface area (Å²) in [6, 6.07) is 5.80. The third-order valence-corrected chi connectivity index (χ3v) is 1.99. The van der Waals surface area contributed by atoms with Crippen molar-refractivity contribution < 1.29 is 4.74 Å². The molecule has 15 heavy (non-hydrogen) atoms. The molecule has 1 unspecified atom stereocenters. The first-order chi connectivity index (χ1) is 6.99. The third-order valence-electron chi connectivity index (χ3n) is 1.99. The summed E-state index contributed by atoms with van der Waals surface area (Å²) >= 11 is 0. The molecule has 0 fully saturated rings. The van der Waals surface area contributed by atoms with Crippen molar-refractivity contribution in [3.8, 4) is 5.75 Å². The predicted octanol–water partition coefficient (Wildman–Crippen LogP) is 1.95. The quantitative estimate of drug-likeness (QED) is 0.743. The maximum atomic E-state index is 5.78. The Bertz CT molecular complexity index is 321. The first-order valence-corrected chi connectivity index (χ1v) is 5.29. The number of hydrogen-bond acceptors (Lipinski definition) is 3. The SMILES string of the molecule is CC(N)Cc1cc(N)ccc1OC(C)C. The van der Waals surface area contributed by atoms with Crippen LogP contribution in [-0.4, -0.2) is 12.1 Å². The minimum absolute atomic E-state index is 0.112. The van der Waals surface area contributed by atoms with Crippen LogP contribution in [0.4, 0.5) is 5.69 Å². The van der Waals surface area contributed by atoms with Crippen molar-refractivity contribution in [2.24, 2.45) is 5.73 Å². The van der Waals surface area contributed by atoms with Gasteiger partial charge in [0.1, 0.15) is 5.75 Å². The van der Waals surface area contributed by atoms with Gasteiger partial charge in [-0.2, -0.15) is 0 Å². The lowest BCUT2D eigenvalue weighted by molar-refractivity contribution is 0.239. The van der Waals surface area contributed by atoms with E-state index in [2.05, 4.69) is 0 Å². The van der Waals surface area contributed by atoms with Crippen molar-refractivity contribution in [2.75, 3.05) is 5.73 Å². The second kappa shape index (κ2) is 5.03. The summed E-state index contributed by atoms with van der Waals surface area (Å²) in [5.74, 6) is 0.886. The van der Waals surface area contributed by atoms with Crippen LogP contribution in [0.3, 0.4) is 0 Å². The molecule has 0 aromatic heterocycles. The molecule has 0 radical (unpaired) electrons. The molecule has 0 heterocycles. The second-order valence-corrected chi connectivity index (χ2v) is 4.22. The molecule has 1 rings (SSSR count). The zero-order valence-electron chi connectivity index (χ0n) is 9.66. The molecule has 0 aliphatic heterocycles. The van der Waals surface area contributed by atoms with Crippen LogP contribution in [-0.2, 0) is 6.42 Å². The summed E-state index contributed by atoms with van der Waals surface area (Å²) in [4.78, 5) is 0. The normalized spacial score (nSPS) is 12.9. The number of rotatable bonds is 4. The van der Waals surface area contributed by atoms with Crippen molar-refractivity contribution >= 4 is 5.69 Å². The summed E-state index contributed by atoms with van der Waals surface area (Å²) in [5.41, 5.74) is 13.3. The van der Waals surface area contributed by atoms with Gasteiger partial charge in [0.15, 0.2) is 0 Å². The van der Waals surface area contributed by atoms with Crippen molar-refractivity contribution in [3.63, 3.8) is 0 Å². The van der Waals surface area contributed by atoms with Gasteiger partial charge in [-0.1, -0.05) is 0 Å². The van der Waals surface area contributed by atoms with E-state index in [1.807, 2.05) is 39.0 Å². The lowest BCUT2D eigenvalue weighted by Crippen LogP contribution is -2.19. The molecule has 84 valence electrons. The molecular weight excluding hydrogens is 188 g/mol. The molecule has 0 amide bonds. The van der Waals surface area contributed by atoms with Crippen molar-refractivity contribution in [1.82, 2.24) is 0 Å². The standard InChI is InChI=1S/C12H20N2O/c1-8(2)15-12-5-4-11(14)7-10(12)6-9(3)13/h4-5,7-9H,6,13-14H2,1-3H3. The summed E-state index contributed by atoms with van der Waals surface area (Å²) in [7, 11) is 0. The van der Waals surface area contributed by atoms with Crippen LogP contribution in [0.5, 0.6) is 5.75 Å². The monoisotopic (exact) mass is 208 g/mol. The van der Waals surface area contributed by atoms with Crippen LogP contribution < -0.4 is 16.2 Å². The van der Waals surface area contributed by atoms with Crippen molar-refractivity contribution in [1.29, 1.82) is 0 Å². The van der Waals surface area contributed by atoms with Gasteiger partial charge in [-0.15, -0.1) is 0 Å². The third kappa shape index (κ3) is 3.80. The summed E-state index contributed by atoms with van der Waals surface area (Å²) in [6.45, 7) is 5.99. The van der Waals surface area contributed by atoms with Crippen molar-refractivity contribution in [3.05, 3.63) is 23.8 Å². The smallest absolute Gasteiger partial charge is 0.123 e. The van der Waals surface area contributed by atoms with Gasteiger partial charge in [0, 0.05) is 11.7 Å². The molecule has 0 spiro atoms. The van der Waals surface area contributed by atoms with Crippen LogP contribution in [0, 0.1) is 0 Å². The Balaban J connectivity index is 2.92. The number of benzene rings is 1. The lowest BCUT2D eigenvalue weighted by atomic mass is 10.1. The Labute approximate surface area is 91.4 Å². The van der Waals surface area contributed by atoms with Crippen LogP contribution >= 0.6 is 0 Å². The number of ether oxygens (including phenoxy) is 1. The second-order valence-electron chi connectivity index (χ2n) is 4.22. The first-order valence-electron chi connectivity index (χ1n) is 5.29. The molecule has 4 N–H and O–H groups in total. The Kier molecular flexibility index (Phi) is 3.97. The van der Waals surface area contributed by atoms with Gasteiger partial charge >= 0.3 is 0 Å². The van der Waals surface area contributed by atoms with E-state index < -0.39 is 0 Å². The van der Waals surface area contributed by atoms with E-state index in [9.17, 15) is 0 Å². The number of nitrogen functional groups attached to an aromatic ring is 1. The highest BCUT2D eigenvalue weighted by Crippen LogP contribution is 2.23. The molecule has 0 saturated carbocycles. The van der Waals surface area contributed by atoms with Gasteiger partial charge in [-0.25, -0.2) is 0 Å². The highest BCUT2D eigenvalue weighted by Gasteiger charge is 2.08. The maximum Gasteiger partial charge on any atom is 0.123 e. The molecule has 3 nitrogen and oxygen atoms in total. The fourth-order valence-corrected chi connectivity index (χ4v) is 1.47. The Morgan fingerprint density at radius 3 is 2.47 bits per heavy atom. The van der Waals surface area contributed by atoms with Crippen molar-refractivity contribution in [2.45, 2.75) is 39.3 Å². The minimum Gasteiger partial charge on any atom is -0.491 e. The molecule has 0 bridgehead atoms. The molecule has 1 atom stereocenters. The highest BCUT2D eigenvalue weighted by molar-refractivity contribution is 5.48. The molecule has 1 aromatic carbocycles. The molecule has 0 aliphatic carbocycles. The Morgan fingerprint density at radius 2 is 1.93 bits per heavy atom. The van der Waals surface area contributed by atoms with E-state index in [0.29, 0.717) is 0 Å². The van der Waals surface area contributed by atoms with Gasteiger partial charge < -0.3 is 16.2 Å². The van der Waals surface area contributed by atoms with Gasteiger partial charge in [0.2, 0.25) is 0 Å². The van der Waals surface area contributed by atoms with E-state index in [4.69, 9.17) is 16.2 Å². The number of hydrogen-bond donors (Lipinski definition) is 2. The zero-order valence-corrected chi connectivity index (χ0v) is 9.66. The van der Waals surface area contributed by atoms with Crippen LogP contribution in [0.1, 0.15) is 26.3 Å². The minimum atomic E-state index is 0.112. The van der Waals surface area contributed by atoms with E-state index in [0.717, 1.165) is 23.4 Å². The average Bonchev–Trinajstić information content (AvgIpc) is 2.08. The molecular formula is C12H20N2O. The van der Waals surface area contributed by atoms with Gasteiger partial charge in [-0.05, 0) is 51.0 Å². The summed E-state index contributed by atoms with van der Waals surface area (Å²) in [6.07, 6.45) is 0.952. The highest BCUT2D eigenvalue weighted by atomic mass is 16.5. The summed E-state index contributed by atoms with van der Waals surface area (Å²) < 4.78 is 5.69. The molecule has 3 heteroatoms. The fraction of sp³-hybridized carbons (Fsp3) is 0.500. The maximum absolute atomic E-state index is 5.78. The van der Waals surface area contributed by atoms with Crippen LogP contribution in [0.25, 0.3) is 0 Å². The van der Waals surface area contributed by atoms with E-state index in [-0.39, 0.29) is 12.1 Å². The van der Waals surface area contributed by atoms with E-state index in [1.165, 1.54) is 0 Å². The first kappa shape index (κ1) is 11.9. The zero-order chi connectivity index (χ0) is 11.4. The molecule has 0 aliphatic rings. The van der Waals surface area contributed by atoms with E-state index in [1.54, 1.807) is 0 Å². The van der Waals surface area contributed by atoms with Gasteiger partial charge in [0.05, 0.1) is 6.10 Å². The lowest BCUT2D eigenvalue weighted by Gasteiger charge is -2.16. The Hall–Kier alpha value is -1.22. The average molecular weight is 208 g/mol. The largest absolute Gasteiger partial charge is 0.491 e. The fourth-order valence-electron chi connectivity index (χ4n) is 1.47. The Morgan fingerprint density at radius 1 is 1.27 bits per heavy atom. The number of anilines is 1. The predicted molar refractivity (Wildman–Crippen MR) is 64.0 cm³/mol. The molecule has 1 aromatic rings.